The standard InChI is InChI=1S/C18H19F3N4O/c1-4-12(3)26-16-15(18(19,20)21)11-23-17(24-16)25(5-2)14-8-6-7-13(9-14)10-22/h6-9,11-12H,4-5H2,1-3H3. The van der Waals surface area contributed by atoms with Crippen LogP contribution < -0.4 is 9.64 Å². The Morgan fingerprint density at radius 1 is 1.31 bits per heavy atom. The zero-order chi connectivity index (χ0) is 19.3. The van der Waals surface area contributed by atoms with E-state index in [1.165, 1.54) is 0 Å². The van der Waals surface area contributed by atoms with Crippen molar-refractivity contribution in [2.75, 3.05) is 11.4 Å². The molecule has 1 aromatic carbocycles. The first-order valence-electron chi connectivity index (χ1n) is 8.18. The van der Waals surface area contributed by atoms with E-state index in [4.69, 9.17) is 10.00 Å². The number of ether oxygens (including phenoxy) is 1. The first-order chi connectivity index (χ1) is 12.3. The van der Waals surface area contributed by atoms with E-state index in [1.807, 2.05) is 19.9 Å². The van der Waals surface area contributed by atoms with Crippen LogP contribution in [0.15, 0.2) is 30.5 Å². The highest BCUT2D eigenvalue weighted by Gasteiger charge is 2.37. The molecular weight excluding hydrogens is 345 g/mol. The molecule has 1 heterocycles. The summed E-state index contributed by atoms with van der Waals surface area (Å²) in [7, 11) is 0. The third-order valence-electron chi connectivity index (χ3n) is 3.78. The van der Waals surface area contributed by atoms with Crippen molar-refractivity contribution in [1.29, 1.82) is 5.26 Å². The Morgan fingerprint density at radius 3 is 2.62 bits per heavy atom. The van der Waals surface area contributed by atoms with Gasteiger partial charge in [0.05, 0.1) is 17.7 Å². The molecule has 0 fully saturated rings. The van der Waals surface area contributed by atoms with Gasteiger partial charge in [-0.25, -0.2) is 4.98 Å². The summed E-state index contributed by atoms with van der Waals surface area (Å²) in [5, 5.41) is 9.04. The molecule has 0 N–H and O–H groups in total. The Labute approximate surface area is 150 Å². The van der Waals surface area contributed by atoms with Crippen molar-refractivity contribution in [2.45, 2.75) is 39.5 Å². The SMILES string of the molecule is CCC(C)Oc1nc(N(CC)c2cccc(C#N)c2)ncc1C(F)(F)F. The minimum absolute atomic E-state index is 0.0777. The number of hydrogen-bond donors (Lipinski definition) is 0. The highest BCUT2D eigenvalue weighted by Crippen LogP contribution is 2.36. The molecule has 0 bridgehead atoms. The topological polar surface area (TPSA) is 62.0 Å². The maximum absolute atomic E-state index is 13.2. The third kappa shape index (κ3) is 4.42. The summed E-state index contributed by atoms with van der Waals surface area (Å²) in [5.74, 6) is -0.416. The van der Waals surface area contributed by atoms with Gasteiger partial charge in [0.1, 0.15) is 5.56 Å². The van der Waals surface area contributed by atoms with Crippen molar-refractivity contribution in [3.8, 4) is 11.9 Å². The Kier molecular flexibility index (Phi) is 6.03. The molecule has 5 nitrogen and oxygen atoms in total. The number of halogens is 3. The molecule has 2 rings (SSSR count). The van der Waals surface area contributed by atoms with Gasteiger partial charge in [-0.15, -0.1) is 0 Å². The zero-order valence-corrected chi connectivity index (χ0v) is 14.7. The second kappa shape index (κ2) is 8.04. The number of rotatable bonds is 6. The van der Waals surface area contributed by atoms with E-state index in [9.17, 15) is 13.2 Å². The summed E-state index contributed by atoms with van der Waals surface area (Å²) < 4.78 is 45.1. The molecule has 0 spiro atoms. The van der Waals surface area contributed by atoms with Crippen molar-refractivity contribution < 1.29 is 17.9 Å². The van der Waals surface area contributed by atoms with Gasteiger partial charge >= 0.3 is 6.18 Å². The quantitative estimate of drug-likeness (QED) is 0.743. The van der Waals surface area contributed by atoms with Crippen LogP contribution >= 0.6 is 0 Å². The first-order valence-corrected chi connectivity index (χ1v) is 8.18. The van der Waals surface area contributed by atoms with Gasteiger partial charge in [0.2, 0.25) is 11.8 Å². The summed E-state index contributed by atoms with van der Waals surface area (Å²) in [6, 6.07) is 8.73. The number of anilines is 2. The molecule has 8 heteroatoms. The molecule has 138 valence electrons. The fourth-order valence-electron chi connectivity index (χ4n) is 2.23. The van der Waals surface area contributed by atoms with Crippen molar-refractivity contribution >= 4 is 11.6 Å². The molecule has 0 radical (unpaired) electrons. The van der Waals surface area contributed by atoms with Crippen LogP contribution in [0.3, 0.4) is 0 Å². The van der Waals surface area contributed by atoms with Gasteiger partial charge in [-0.2, -0.15) is 23.4 Å². The molecule has 0 aliphatic rings. The van der Waals surface area contributed by atoms with Gasteiger partial charge in [0.25, 0.3) is 0 Å². The van der Waals surface area contributed by atoms with Crippen LogP contribution in [-0.4, -0.2) is 22.6 Å². The Bertz CT molecular complexity index is 802. The van der Waals surface area contributed by atoms with E-state index in [-0.39, 0.29) is 5.95 Å². The number of hydrogen-bond acceptors (Lipinski definition) is 5. The van der Waals surface area contributed by atoms with Crippen LogP contribution in [0, 0.1) is 11.3 Å². The summed E-state index contributed by atoms with van der Waals surface area (Å²) >= 11 is 0. The zero-order valence-electron chi connectivity index (χ0n) is 14.7. The minimum Gasteiger partial charge on any atom is -0.474 e. The molecule has 0 saturated carbocycles. The summed E-state index contributed by atoms with van der Waals surface area (Å²) in [6.45, 7) is 5.71. The summed E-state index contributed by atoms with van der Waals surface area (Å²) in [4.78, 5) is 9.51. The van der Waals surface area contributed by atoms with Crippen LogP contribution in [0.25, 0.3) is 0 Å². The van der Waals surface area contributed by atoms with Gasteiger partial charge in [-0.05, 0) is 38.5 Å². The molecule has 0 aliphatic carbocycles. The van der Waals surface area contributed by atoms with Gasteiger partial charge < -0.3 is 9.64 Å². The van der Waals surface area contributed by atoms with Crippen LogP contribution in [0.5, 0.6) is 5.88 Å². The maximum atomic E-state index is 13.2. The van der Waals surface area contributed by atoms with Gasteiger partial charge in [-0.1, -0.05) is 13.0 Å². The minimum atomic E-state index is -4.61. The van der Waals surface area contributed by atoms with Crippen LogP contribution in [-0.2, 0) is 6.18 Å². The number of benzene rings is 1. The van der Waals surface area contributed by atoms with Gasteiger partial charge in [0, 0.05) is 18.4 Å². The molecule has 1 unspecified atom stereocenters. The average Bonchev–Trinajstić information content (AvgIpc) is 2.61. The molecule has 1 aromatic heterocycles. The van der Waals surface area contributed by atoms with Crippen LogP contribution in [0.4, 0.5) is 24.8 Å². The average molecular weight is 364 g/mol. The summed E-state index contributed by atoms with van der Waals surface area (Å²) in [6.07, 6.45) is -3.76. The van der Waals surface area contributed by atoms with Crippen LogP contribution in [0.2, 0.25) is 0 Å². The number of alkyl halides is 3. The van der Waals surface area contributed by atoms with Crippen molar-refractivity contribution in [2.24, 2.45) is 0 Å². The monoisotopic (exact) mass is 364 g/mol. The lowest BCUT2D eigenvalue weighted by molar-refractivity contribution is -0.139. The maximum Gasteiger partial charge on any atom is 0.423 e. The van der Waals surface area contributed by atoms with Crippen molar-refractivity contribution in [3.63, 3.8) is 0 Å². The summed E-state index contributed by atoms with van der Waals surface area (Å²) in [5.41, 5.74) is 0.0353. The lowest BCUT2D eigenvalue weighted by Gasteiger charge is -2.23. The number of nitriles is 1. The smallest absolute Gasteiger partial charge is 0.423 e. The van der Waals surface area contributed by atoms with E-state index < -0.39 is 23.7 Å². The molecule has 0 amide bonds. The first kappa shape index (κ1) is 19.5. The van der Waals surface area contributed by atoms with Crippen molar-refractivity contribution in [1.82, 2.24) is 9.97 Å². The van der Waals surface area contributed by atoms with Gasteiger partial charge in [0.15, 0.2) is 0 Å². The highest BCUT2D eigenvalue weighted by atomic mass is 19.4. The normalized spacial score (nSPS) is 12.3. The Hall–Kier alpha value is -2.82. The van der Waals surface area contributed by atoms with E-state index in [1.54, 1.807) is 36.1 Å². The molecule has 2 aromatic rings. The molecule has 0 saturated heterocycles. The molecular formula is C18H19F3N4O. The second-order valence-corrected chi connectivity index (χ2v) is 5.63. The fourth-order valence-corrected chi connectivity index (χ4v) is 2.23. The molecule has 1 atom stereocenters. The number of nitrogens with zero attached hydrogens (tertiary/aromatic N) is 4. The Morgan fingerprint density at radius 2 is 2.04 bits per heavy atom. The predicted octanol–water partition coefficient (Wildman–Crippen LogP) is 4.70. The lowest BCUT2D eigenvalue weighted by Crippen LogP contribution is -2.22. The third-order valence-corrected chi connectivity index (χ3v) is 3.78. The molecule has 0 aliphatic heterocycles. The lowest BCUT2D eigenvalue weighted by atomic mass is 10.2. The largest absolute Gasteiger partial charge is 0.474 e. The van der Waals surface area contributed by atoms with Gasteiger partial charge in [-0.3, -0.25) is 0 Å². The highest BCUT2D eigenvalue weighted by molar-refractivity contribution is 5.60. The molecule has 26 heavy (non-hydrogen) atoms. The Balaban J connectivity index is 2.50. The van der Waals surface area contributed by atoms with E-state index in [0.29, 0.717) is 24.2 Å². The van der Waals surface area contributed by atoms with Crippen molar-refractivity contribution in [3.05, 3.63) is 41.6 Å². The fraction of sp³-hybridized carbons (Fsp3) is 0.389. The predicted molar refractivity (Wildman–Crippen MR) is 91.3 cm³/mol. The van der Waals surface area contributed by atoms with Crippen LogP contribution in [0.1, 0.15) is 38.3 Å². The number of aromatic nitrogens is 2. The van der Waals surface area contributed by atoms with E-state index in [0.717, 1.165) is 6.20 Å². The van der Waals surface area contributed by atoms with E-state index in [2.05, 4.69) is 9.97 Å². The second-order valence-electron chi connectivity index (χ2n) is 5.63. The van der Waals surface area contributed by atoms with E-state index >= 15 is 0 Å².